The Balaban J connectivity index is 1.41. The van der Waals surface area contributed by atoms with Gasteiger partial charge in [-0.25, -0.2) is 0 Å². The number of aromatic nitrogens is 1. The molecule has 0 spiro atoms. The fourth-order valence-corrected chi connectivity index (χ4v) is 3.22. The Kier molecular flexibility index (Phi) is 5.47. The summed E-state index contributed by atoms with van der Waals surface area (Å²) >= 11 is 0. The monoisotopic (exact) mass is 335 g/mol. The van der Waals surface area contributed by atoms with E-state index in [-0.39, 0.29) is 17.9 Å². The van der Waals surface area contributed by atoms with Gasteiger partial charge in [0.25, 0.3) is 0 Å². The average molecular weight is 335 g/mol. The lowest BCUT2D eigenvalue weighted by Gasteiger charge is -2.37. The highest BCUT2D eigenvalue weighted by molar-refractivity contribution is 5.91. The lowest BCUT2D eigenvalue weighted by atomic mass is 10.0. The van der Waals surface area contributed by atoms with E-state index in [9.17, 15) is 9.59 Å². The number of piperidine rings is 1. The van der Waals surface area contributed by atoms with Crippen molar-refractivity contribution < 1.29 is 14.1 Å². The minimum atomic E-state index is -0.114. The van der Waals surface area contributed by atoms with Crippen LogP contribution in [-0.2, 0) is 9.59 Å². The molecule has 1 aromatic heterocycles. The van der Waals surface area contributed by atoms with Crippen molar-refractivity contribution in [3.8, 4) is 0 Å². The molecule has 24 heavy (non-hydrogen) atoms. The second kappa shape index (κ2) is 7.76. The quantitative estimate of drug-likeness (QED) is 0.817. The van der Waals surface area contributed by atoms with Gasteiger partial charge in [0.05, 0.1) is 12.6 Å². The van der Waals surface area contributed by atoms with Gasteiger partial charge in [0.2, 0.25) is 11.8 Å². The molecule has 2 fully saturated rings. The van der Waals surface area contributed by atoms with E-state index in [0.29, 0.717) is 44.3 Å². The van der Waals surface area contributed by atoms with E-state index in [1.807, 2.05) is 4.90 Å². The molecule has 1 unspecified atom stereocenters. The molecular weight excluding hydrogens is 310 g/mol. The zero-order valence-corrected chi connectivity index (χ0v) is 14.1. The van der Waals surface area contributed by atoms with Crippen molar-refractivity contribution >= 4 is 17.6 Å². The molecule has 0 radical (unpaired) electrons. The Morgan fingerprint density at radius 3 is 2.75 bits per heavy atom. The molecule has 0 saturated carbocycles. The van der Waals surface area contributed by atoms with Crippen LogP contribution in [0.15, 0.2) is 10.6 Å². The van der Waals surface area contributed by atoms with Crippen LogP contribution in [0.4, 0.5) is 5.82 Å². The van der Waals surface area contributed by atoms with Gasteiger partial charge in [-0.1, -0.05) is 11.6 Å². The highest BCUT2D eigenvalue weighted by atomic mass is 16.5. The van der Waals surface area contributed by atoms with Crippen LogP contribution in [0, 0.1) is 6.92 Å². The van der Waals surface area contributed by atoms with E-state index < -0.39 is 0 Å². The summed E-state index contributed by atoms with van der Waals surface area (Å²) in [5, 5.41) is 9.77. The van der Waals surface area contributed by atoms with Crippen molar-refractivity contribution in [3.05, 3.63) is 11.8 Å². The van der Waals surface area contributed by atoms with E-state index in [4.69, 9.17) is 4.52 Å². The third-order valence-electron chi connectivity index (χ3n) is 4.56. The first-order valence-electron chi connectivity index (χ1n) is 8.59. The summed E-state index contributed by atoms with van der Waals surface area (Å²) in [5.74, 6) is 1.19. The lowest BCUT2D eigenvalue weighted by Crippen LogP contribution is -2.55. The van der Waals surface area contributed by atoms with E-state index in [1.54, 1.807) is 13.0 Å². The van der Waals surface area contributed by atoms with Gasteiger partial charge >= 0.3 is 0 Å². The van der Waals surface area contributed by atoms with E-state index >= 15 is 0 Å². The predicted octanol–water partition coefficient (Wildman–Crippen LogP) is 0.208. The zero-order valence-electron chi connectivity index (χ0n) is 14.1. The SMILES string of the molecule is Cc1cc(NC(=O)CN2CCN(C(=O)C3CCCCN3)CC2)no1. The molecule has 0 aliphatic carbocycles. The first-order valence-corrected chi connectivity index (χ1v) is 8.59. The van der Waals surface area contributed by atoms with E-state index in [1.165, 1.54) is 0 Å². The molecule has 2 aliphatic rings. The summed E-state index contributed by atoms with van der Waals surface area (Å²) in [6.45, 7) is 5.78. The summed E-state index contributed by atoms with van der Waals surface area (Å²) in [4.78, 5) is 28.5. The molecule has 8 heteroatoms. The maximum atomic E-state index is 12.5. The van der Waals surface area contributed by atoms with Crippen molar-refractivity contribution in [3.63, 3.8) is 0 Å². The number of carbonyl (C=O) groups excluding carboxylic acids is 2. The Labute approximate surface area is 141 Å². The first-order chi connectivity index (χ1) is 11.6. The number of hydrogen-bond acceptors (Lipinski definition) is 6. The van der Waals surface area contributed by atoms with Crippen molar-refractivity contribution in [2.45, 2.75) is 32.2 Å². The van der Waals surface area contributed by atoms with E-state index in [2.05, 4.69) is 20.7 Å². The number of hydrogen-bond donors (Lipinski definition) is 2. The van der Waals surface area contributed by atoms with Crippen LogP contribution >= 0.6 is 0 Å². The van der Waals surface area contributed by atoms with Crippen molar-refractivity contribution in [2.75, 3.05) is 44.6 Å². The highest BCUT2D eigenvalue weighted by Crippen LogP contribution is 2.12. The zero-order chi connectivity index (χ0) is 16.9. The van der Waals surface area contributed by atoms with Crippen LogP contribution in [0.3, 0.4) is 0 Å². The fourth-order valence-electron chi connectivity index (χ4n) is 3.22. The third kappa shape index (κ3) is 4.33. The van der Waals surface area contributed by atoms with Gasteiger partial charge in [-0.05, 0) is 26.3 Å². The van der Waals surface area contributed by atoms with Crippen LogP contribution in [0.25, 0.3) is 0 Å². The molecule has 2 aliphatic heterocycles. The number of amides is 2. The molecule has 0 aromatic carbocycles. The largest absolute Gasteiger partial charge is 0.360 e. The number of rotatable bonds is 4. The molecule has 3 rings (SSSR count). The number of piperazine rings is 1. The Morgan fingerprint density at radius 2 is 2.12 bits per heavy atom. The van der Waals surface area contributed by atoms with Gasteiger partial charge in [-0.2, -0.15) is 0 Å². The van der Waals surface area contributed by atoms with Crippen LogP contribution in [0.2, 0.25) is 0 Å². The summed E-state index contributed by atoms with van der Waals surface area (Å²) < 4.78 is 4.92. The Hall–Kier alpha value is -1.93. The lowest BCUT2D eigenvalue weighted by molar-refractivity contribution is -0.135. The minimum absolute atomic E-state index is 0.0241. The predicted molar refractivity (Wildman–Crippen MR) is 88.5 cm³/mol. The van der Waals surface area contributed by atoms with Gasteiger partial charge in [0.15, 0.2) is 5.82 Å². The topological polar surface area (TPSA) is 90.7 Å². The van der Waals surface area contributed by atoms with Crippen LogP contribution in [0.1, 0.15) is 25.0 Å². The van der Waals surface area contributed by atoms with Gasteiger partial charge in [0, 0.05) is 32.2 Å². The number of nitrogens with one attached hydrogen (secondary N) is 2. The van der Waals surface area contributed by atoms with E-state index in [0.717, 1.165) is 25.8 Å². The van der Waals surface area contributed by atoms with Gasteiger partial charge in [-0.15, -0.1) is 0 Å². The molecule has 2 amide bonds. The number of nitrogens with zero attached hydrogens (tertiary/aromatic N) is 3. The van der Waals surface area contributed by atoms with Crippen molar-refractivity contribution in [1.82, 2.24) is 20.3 Å². The molecule has 132 valence electrons. The normalized spacial score (nSPS) is 22.4. The molecule has 1 aromatic rings. The molecule has 0 bridgehead atoms. The van der Waals surface area contributed by atoms with Crippen LogP contribution in [0.5, 0.6) is 0 Å². The summed E-state index contributed by atoms with van der Waals surface area (Å²) in [7, 11) is 0. The fraction of sp³-hybridized carbons (Fsp3) is 0.688. The van der Waals surface area contributed by atoms with Gasteiger partial charge in [0.1, 0.15) is 5.76 Å². The Morgan fingerprint density at radius 1 is 1.33 bits per heavy atom. The summed E-state index contributed by atoms with van der Waals surface area (Å²) in [6, 6.07) is 1.66. The summed E-state index contributed by atoms with van der Waals surface area (Å²) in [5.41, 5.74) is 0. The molecule has 2 N–H and O–H groups in total. The minimum Gasteiger partial charge on any atom is -0.360 e. The number of anilines is 1. The van der Waals surface area contributed by atoms with Crippen molar-refractivity contribution in [1.29, 1.82) is 0 Å². The van der Waals surface area contributed by atoms with Crippen LogP contribution in [-0.4, -0.2) is 72.1 Å². The Bertz CT molecular complexity index is 574. The highest BCUT2D eigenvalue weighted by Gasteiger charge is 2.28. The van der Waals surface area contributed by atoms with Crippen LogP contribution < -0.4 is 10.6 Å². The smallest absolute Gasteiger partial charge is 0.239 e. The molecule has 3 heterocycles. The molecule has 8 nitrogen and oxygen atoms in total. The standard InChI is InChI=1S/C16H25N5O3/c1-12-10-14(19-24-12)18-15(22)11-20-6-8-21(9-7-20)16(23)13-4-2-3-5-17-13/h10,13,17H,2-9,11H2,1H3,(H,18,19,22). The second-order valence-corrected chi connectivity index (χ2v) is 6.47. The van der Waals surface area contributed by atoms with Crippen molar-refractivity contribution in [2.24, 2.45) is 0 Å². The average Bonchev–Trinajstić information content (AvgIpc) is 3.00. The molecular formula is C16H25N5O3. The van der Waals surface area contributed by atoms with Gasteiger partial charge in [-0.3, -0.25) is 14.5 Å². The number of carbonyl (C=O) groups is 2. The molecule has 2 saturated heterocycles. The number of aryl methyl sites for hydroxylation is 1. The third-order valence-corrected chi connectivity index (χ3v) is 4.56. The summed E-state index contributed by atoms with van der Waals surface area (Å²) in [6.07, 6.45) is 3.20. The molecule has 1 atom stereocenters. The maximum Gasteiger partial charge on any atom is 0.239 e. The van der Waals surface area contributed by atoms with Gasteiger partial charge < -0.3 is 20.1 Å². The maximum absolute atomic E-state index is 12.5. The first kappa shape index (κ1) is 16.9. The second-order valence-electron chi connectivity index (χ2n) is 6.47.